The van der Waals surface area contributed by atoms with E-state index >= 15 is 0 Å². The van der Waals surface area contributed by atoms with E-state index in [4.69, 9.17) is 23.2 Å². The van der Waals surface area contributed by atoms with Crippen molar-refractivity contribution in [1.82, 2.24) is 24.5 Å². The van der Waals surface area contributed by atoms with Crippen molar-refractivity contribution in [3.8, 4) is 0 Å². The van der Waals surface area contributed by atoms with Crippen LogP contribution in [0.25, 0.3) is 0 Å². The van der Waals surface area contributed by atoms with Crippen molar-refractivity contribution in [2.24, 2.45) is 7.05 Å². The maximum atomic E-state index is 12.7. The van der Waals surface area contributed by atoms with Crippen LogP contribution < -0.4 is 5.32 Å². The number of hydrogen-bond donors (Lipinski definition) is 1. The van der Waals surface area contributed by atoms with E-state index in [1.807, 2.05) is 0 Å². The Kier molecular flexibility index (Phi) is 5.11. The summed E-state index contributed by atoms with van der Waals surface area (Å²) in [4.78, 5) is 16.1. The summed E-state index contributed by atoms with van der Waals surface area (Å²) in [6.45, 7) is 0.200. The first-order valence-electron chi connectivity index (χ1n) is 7.40. The van der Waals surface area contributed by atoms with Crippen LogP contribution in [-0.2, 0) is 19.8 Å². The van der Waals surface area contributed by atoms with Crippen LogP contribution in [0, 0.1) is 0 Å². The maximum absolute atomic E-state index is 12.7. The van der Waals surface area contributed by atoms with Gasteiger partial charge in [-0.3, -0.25) is 14.8 Å². The van der Waals surface area contributed by atoms with Crippen LogP contribution in [0.1, 0.15) is 21.7 Å². The monoisotopic (exact) mass is 418 g/mol. The molecular weight excluding hydrogens is 408 g/mol. The molecule has 0 radical (unpaired) electrons. The zero-order valence-corrected chi connectivity index (χ0v) is 15.1. The van der Waals surface area contributed by atoms with Gasteiger partial charge in [-0.15, -0.1) is 5.10 Å². The second kappa shape index (κ2) is 7.20. The molecule has 0 spiro atoms. The van der Waals surface area contributed by atoms with Crippen molar-refractivity contribution < 1.29 is 18.0 Å². The van der Waals surface area contributed by atoms with Gasteiger partial charge < -0.3 is 0 Å². The molecule has 0 bridgehead atoms. The van der Waals surface area contributed by atoms with Crippen LogP contribution in [0.4, 0.5) is 19.1 Å². The van der Waals surface area contributed by atoms with Gasteiger partial charge in [0, 0.05) is 28.7 Å². The molecule has 0 saturated heterocycles. The maximum Gasteiger partial charge on any atom is 0.435 e. The van der Waals surface area contributed by atoms with Crippen molar-refractivity contribution in [3.63, 3.8) is 0 Å². The summed E-state index contributed by atoms with van der Waals surface area (Å²) in [5.74, 6) is -0.910. The summed E-state index contributed by atoms with van der Waals surface area (Å²) in [5, 5.41) is 10.5. The highest BCUT2D eigenvalue weighted by atomic mass is 35.5. The molecule has 12 heteroatoms. The van der Waals surface area contributed by atoms with Crippen molar-refractivity contribution in [2.75, 3.05) is 5.32 Å². The quantitative estimate of drug-likeness (QED) is 0.701. The van der Waals surface area contributed by atoms with Gasteiger partial charge >= 0.3 is 6.18 Å². The van der Waals surface area contributed by atoms with Gasteiger partial charge in [-0.05, 0) is 12.1 Å². The molecule has 3 rings (SSSR count). The van der Waals surface area contributed by atoms with E-state index in [1.165, 1.54) is 18.1 Å². The number of carbonyl (C=O) groups excluding carboxylic acids is 1. The minimum atomic E-state index is -4.65. The van der Waals surface area contributed by atoms with E-state index < -0.39 is 17.8 Å². The normalized spacial score (nSPS) is 11.6. The lowest BCUT2D eigenvalue weighted by Gasteiger charge is -2.06. The fourth-order valence-electron chi connectivity index (χ4n) is 2.26. The highest BCUT2D eigenvalue weighted by Crippen LogP contribution is 2.28. The van der Waals surface area contributed by atoms with Crippen molar-refractivity contribution >= 4 is 35.1 Å². The van der Waals surface area contributed by atoms with E-state index in [0.29, 0.717) is 21.7 Å². The van der Waals surface area contributed by atoms with E-state index in [-0.39, 0.29) is 18.2 Å². The first kappa shape index (κ1) is 19.2. The predicted octanol–water partition coefficient (Wildman–Crippen LogP) is 3.64. The van der Waals surface area contributed by atoms with Gasteiger partial charge in [-0.2, -0.15) is 18.3 Å². The number of benzene rings is 1. The van der Waals surface area contributed by atoms with Crippen molar-refractivity contribution in [1.29, 1.82) is 0 Å². The highest BCUT2D eigenvalue weighted by Gasteiger charge is 2.35. The third-order valence-corrected chi connectivity index (χ3v) is 4.25. The summed E-state index contributed by atoms with van der Waals surface area (Å²) < 4.78 is 40.3. The van der Waals surface area contributed by atoms with E-state index in [0.717, 1.165) is 4.68 Å². The number of carbonyl (C=O) groups is 1. The number of rotatable bonds is 4. The molecule has 0 saturated carbocycles. The third-order valence-electron chi connectivity index (χ3n) is 3.55. The largest absolute Gasteiger partial charge is 0.435 e. The first-order chi connectivity index (χ1) is 12.6. The number of nitrogens with zero attached hydrogens (tertiary/aromatic N) is 5. The Labute approximate surface area is 160 Å². The van der Waals surface area contributed by atoms with Crippen molar-refractivity contribution in [2.45, 2.75) is 12.7 Å². The lowest BCUT2D eigenvalue weighted by atomic mass is 10.2. The zero-order chi connectivity index (χ0) is 19.8. The van der Waals surface area contributed by atoms with Gasteiger partial charge in [0.1, 0.15) is 12.0 Å². The van der Waals surface area contributed by atoms with Gasteiger partial charge in [0.15, 0.2) is 5.69 Å². The average Bonchev–Trinajstić information content (AvgIpc) is 3.17. The minimum Gasteiger partial charge on any atom is -0.288 e. The van der Waals surface area contributed by atoms with E-state index in [2.05, 4.69) is 20.5 Å². The zero-order valence-electron chi connectivity index (χ0n) is 13.6. The Morgan fingerprint density at radius 1 is 1.22 bits per heavy atom. The summed E-state index contributed by atoms with van der Waals surface area (Å²) >= 11 is 12.2. The van der Waals surface area contributed by atoms with Gasteiger partial charge in [0.05, 0.1) is 6.54 Å². The first-order valence-corrected chi connectivity index (χ1v) is 8.15. The molecule has 0 atom stereocenters. The van der Waals surface area contributed by atoms with Crippen LogP contribution in [0.5, 0.6) is 0 Å². The SMILES string of the molecule is Cn1nc(C(F)(F)F)cc1C(=O)Nc1ncn(Cc2c(Cl)cccc2Cl)n1. The fourth-order valence-corrected chi connectivity index (χ4v) is 2.77. The Morgan fingerprint density at radius 2 is 1.89 bits per heavy atom. The molecule has 2 aromatic heterocycles. The Hall–Kier alpha value is -2.59. The third kappa shape index (κ3) is 4.22. The fraction of sp³-hybridized carbons (Fsp3) is 0.200. The number of nitrogens with one attached hydrogen (secondary N) is 1. The molecule has 0 aliphatic carbocycles. The van der Waals surface area contributed by atoms with Gasteiger partial charge in [-0.1, -0.05) is 29.3 Å². The number of halogens is 5. The average molecular weight is 419 g/mol. The smallest absolute Gasteiger partial charge is 0.288 e. The molecule has 142 valence electrons. The van der Waals surface area contributed by atoms with Crippen LogP contribution in [0.3, 0.4) is 0 Å². The number of aryl methyl sites for hydroxylation is 1. The van der Waals surface area contributed by atoms with Crippen LogP contribution in [0.15, 0.2) is 30.6 Å². The number of hydrogen-bond acceptors (Lipinski definition) is 4. The Morgan fingerprint density at radius 3 is 2.48 bits per heavy atom. The number of amides is 1. The summed E-state index contributed by atoms with van der Waals surface area (Å²) in [5.41, 5.74) is -0.833. The standard InChI is InChI=1S/C15H11Cl2F3N6O/c1-25-11(5-12(23-25)15(18,19)20)13(27)22-14-21-7-26(24-14)6-8-9(16)3-2-4-10(8)17/h2-5,7H,6H2,1H3,(H,22,24,27). The van der Waals surface area contributed by atoms with Crippen LogP contribution in [-0.4, -0.2) is 30.5 Å². The lowest BCUT2D eigenvalue weighted by Crippen LogP contribution is -2.17. The highest BCUT2D eigenvalue weighted by molar-refractivity contribution is 6.35. The van der Waals surface area contributed by atoms with E-state index in [1.54, 1.807) is 18.2 Å². The molecule has 0 aliphatic heterocycles. The number of anilines is 1. The van der Waals surface area contributed by atoms with Crippen LogP contribution in [0.2, 0.25) is 10.0 Å². The molecule has 1 N–H and O–H groups in total. The molecule has 1 amide bonds. The molecule has 7 nitrogen and oxygen atoms in total. The Balaban J connectivity index is 1.74. The molecule has 1 aromatic carbocycles. The van der Waals surface area contributed by atoms with Crippen molar-refractivity contribution in [3.05, 3.63) is 57.6 Å². The molecule has 0 fully saturated rings. The minimum absolute atomic E-state index is 0.0852. The van der Waals surface area contributed by atoms with Gasteiger partial charge in [0.2, 0.25) is 5.95 Å². The van der Waals surface area contributed by atoms with E-state index in [9.17, 15) is 18.0 Å². The number of alkyl halides is 3. The topological polar surface area (TPSA) is 77.6 Å². The summed E-state index contributed by atoms with van der Waals surface area (Å²) in [7, 11) is 1.23. The lowest BCUT2D eigenvalue weighted by molar-refractivity contribution is -0.141. The molecule has 2 heterocycles. The molecule has 0 unspecified atom stereocenters. The molecule has 27 heavy (non-hydrogen) atoms. The summed E-state index contributed by atoms with van der Waals surface area (Å²) in [6.07, 6.45) is -3.32. The second-order valence-corrected chi connectivity index (χ2v) is 6.27. The van der Waals surface area contributed by atoms with Gasteiger partial charge in [-0.25, -0.2) is 9.67 Å². The van der Waals surface area contributed by atoms with Crippen LogP contribution >= 0.6 is 23.2 Å². The summed E-state index contributed by atoms with van der Waals surface area (Å²) in [6, 6.07) is 5.69. The Bertz CT molecular complexity index is 978. The molecule has 0 aliphatic rings. The molecule has 3 aromatic rings. The molecular formula is C15H11Cl2F3N6O. The number of aromatic nitrogens is 5. The van der Waals surface area contributed by atoms with Gasteiger partial charge in [0.25, 0.3) is 5.91 Å². The predicted molar refractivity (Wildman–Crippen MR) is 91.7 cm³/mol. The second-order valence-electron chi connectivity index (χ2n) is 5.46.